The summed E-state index contributed by atoms with van der Waals surface area (Å²) in [7, 11) is -2.94. The number of unbranched alkanes of at least 4 members (excludes halogenated alkanes) is 3. The van der Waals surface area contributed by atoms with Crippen molar-refractivity contribution in [3.63, 3.8) is 0 Å². The highest BCUT2D eigenvalue weighted by Gasteiger charge is 2.34. The van der Waals surface area contributed by atoms with Gasteiger partial charge < -0.3 is 9.47 Å². The fraction of sp³-hybridized carbons (Fsp3) is 0.375. The molecule has 172 valence electrons. The molecule has 33 heavy (non-hydrogen) atoms. The molecule has 0 fully saturated rings. The fourth-order valence-electron chi connectivity index (χ4n) is 3.28. The molecular formula is C24H27N3O2S3Si. The van der Waals surface area contributed by atoms with E-state index in [1.165, 1.54) is 12.8 Å². The summed E-state index contributed by atoms with van der Waals surface area (Å²) in [5.74, 6) is 1.46. The predicted octanol–water partition coefficient (Wildman–Crippen LogP) is 7.33. The molecule has 9 heteroatoms. The van der Waals surface area contributed by atoms with Gasteiger partial charge >= 0.3 is 8.56 Å². The van der Waals surface area contributed by atoms with Gasteiger partial charge in [0.05, 0.1) is 28.7 Å². The number of benzene rings is 2. The Kier molecular flexibility index (Phi) is 12.6. The zero-order valence-corrected chi connectivity index (χ0v) is 22.1. The molecule has 2 aromatic carbocycles. The number of hydrogen-bond donors (Lipinski definition) is 0. The summed E-state index contributed by atoms with van der Waals surface area (Å²) in [6.07, 6.45) is 5.18. The maximum atomic E-state index is 6.26. The molecule has 0 aliphatic carbocycles. The standard InChI is InChI=1S/C24H27N3O2S3Si/c1-2-3-4-8-15-28-23-14-9-13-22(21-11-6-5-7-12-21)24(23)29-16-10-17-33(25-18-30,26-19-31)27-20-32/h5-7,9,11-14H,2-4,8,10,15-17H2,1H3. The predicted molar refractivity (Wildman–Crippen MR) is 147 cm³/mol. The van der Waals surface area contributed by atoms with Gasteiger partial charge in [0, 0.05) is 11.6 Å². The van der Waals surface area contributed by atoms with E-state index in [0.717, 1.165) is 35.5 Å². The normalized spacial score (nSPS) is 11.8. The van der Waals surface area contributed by atoms with Gasteiger partial charge in [-0.2, -0.15) is 0 Å². The minimum absolute atomic E-state index is 0.414. The number of rotatable bonds is 15. The van der Waals surface area contributed by atoms with Crippen LogP contribution in [0.5, 0.6) is 11.5 Å². The molecule has 0 spiro atoms. The Balaban J connectivity index is 2.19. The molecule has 0 heterocycles. The highest BCUT2D eigenvalue weighted by Crippen LogP contribution is 2.38. The van der Waals surface area contributed by atoms with Crippen molar-refractivity contribution in [1.82, 2.24) is 0 Å². The molecule has 5 nitrogen and oxygen atoms in total. The zero-order chi connectivity index (χ0) is 23.8. The molecule has 0 bridgehead atoms. The lowest BCUT2D eigenvalue weighted by molar-refractivity contribution is 0.264. The molecule has 0 saturated carbocycles. The van der Waals surface area contributed by atoms with Gasteiger partial charge in [0.1, 0.15) is 0 Å². The third-order valence-corrected chi connectivity index (χ3v) is 8.09. The van der Waals surface area contributed by atoms with Crippen LogP contribution in [0.1, 0.15) is 39.0 Å². The maximum Gasteiger partial charge on any atom is 0.461 e. The highest BCUT2D eigenvalue weighted by molar-refractivity contribution is 7.78. The second kappa shape index (κ2) is 15.5. The summed E-state index contributed by atoms with van der Waals surface area (Å²) in [5, 5.41) is 7.09. The smallest absolute Gasteiger partial charge is 0.461 e. The number of nitrogens with zero attached hydrogens (tertiary/aromatic N) is 3. The third kappa shape index (κ3) is 8.84. The first-order valence-corrected chi connectivity index (χ1v) is 14.2. The topological polar surface area (TPSA) is 55.5 Å². The lowest BCUT2D eigenvalue weighted by atomic mass is 10.0. The zero-order valence-electron chi connectivity index (χ0n) is 18.7. The van der Waals surface area contributed by atoms with E-state index in [9.17, 15) is 0 Å². The van der Waals surface area contributed by atoms with Crippen LogP contribution in [0.2, 0.25) is 6.04 Å². The van der Waals surface area contributed by atoms with Gasteiger partial charge in [-0.15, -0.1) is 0 Å². The van der Waals surface area contributed by atoms with Gasteiger partial charge in [0.25, 0.3) is 0 Å². The van der Waals surface area contributed by atoms with Crippen molar-refractivity contribution >= 4 is 60.7 Å². The number of ether oxygens (including phenoxy) is 2. The lowest BCUT2D eigenvalue weighted by Crippen LogP contribution is -2.28. The molecule has 0 aliphatic rings. The highest BCUT2D eigenvalue weighted by atomic mass is 32.1. The molecule has 0 atom stereocenters. The van der Waals surface area contributed by atoms with E-state index in [4.69, 9.17) is 46.1 Å². The lowest BCUT2D eigenvalue weighted by Gasteiger charge is -2.18. The summed E-state index contributed by atoms with van der Waals surface area (Å²) >= 11 is 14.3. The number of para-hydroxylation sites is 1. The Labute approximate surface area is 212 Å². The number of isothiocyanates is 3. The Bertz CT molecular complexity index is 987. The largest absolute Gasteiger partial charge is 0.490 e. The summed E-state index contributed by atoms with van der Waals surface area (Å²) in [6, 6.07) is 16.6. The molecule has 0 aliphatic heterocycles. The summed E-state index contributed by atoms with van der Waals surface area (Å²) in [5.41, 5.74) is 2.05. The first-order valence-electron chi connectivity index (χ1n) is 10.9. The molecule has 2 rings (SSSR count). The van der Waals surface area contributed by atoms with E-state index in [-0.39, 0.29) is 0 Å². The Morgan fingerprint density at radius 1 is 0.758 bits per heavy atom. The van der Waals surface area contributed by atoms with Gasteiger partial charge in [0.15, 0.2) is 11.5 Å². The van der Waals surface area contributed by atoms with Crippen LogP contribution < -0.4 is 9.47 Å². The molecule has 0 radical (unpaired) electrons. The molecule has 0 amide bonds. The van der Waals surface area contributed by atoms with Crippen molar-refractivity contribution in [1.29, 1.82) is 0 Å². The molecule has 0 unspecified atom stereocenters. The fourth-order valence-corrected chi connectivity index (χ4v) is 6.14. The van der Waals surface area contributed by atoms with Crippen LogP contribution in [0.4, 0.5) is 0 Å². The molecule has 0 aromatic heterocycles. The van der Waals surface area contributed by atoms with E-state index in [1.807, 2.05) is 36.4 Å². The molecule has 2 aromatic rings. The van der Waals surface area contributed by atoms with Crippen molar-refractivity contribution in [2.75, 3.05) is 13.2 Å². The average Bonchev–Trinajstić information content (AvgIpc) is 2.83. The van der Waals surface area contributed by atoms with Crippen molar-refractivity contribution in [2.45, 2.75) is 45.1 Å². The van der Waals surface area contributed by atoms with Gasteiger partial charge in [0.2, 0.25) is 0 Å². The van der Waals surface area contributed by atoms with E-state index < -0.39 is 8.56 Å². The first-order chi connectivity index (χ1) is 16.2. The van der Waals surface area contributed by atoms with Crippen molar-refractivity contribution < 1.29 is 9.47 Å². The van der Waals surface area contributed by atoms with E-state index in [0.29, 0.717) is 25.7 Å². The summed E-state index contributed by atoms with van der Waals surface area (Å²) < 4.78 is 24.9. The van der Waals surface area contributed by atoms with Gasteiger partial charge in [-0.3, -0.25) is 0 Å². The van der Waals surface area contributed by atoms with Gasteiger partial charge in [-0.25, -0.2) is 14.0 Å². The first kappa shape index (κ1) is 26.9. The Morgan fingerprint density at radius 3 is 2.06 bits per heavy atom. The van der Waals surface area contributed by atoms with Gasteiger partial charge in [-0.05, 0) is 61.1 Å². The third-order valence-electron chi connectivity index (χ3n) is 4.90. The van der Waals surface area contributed by atoms with Crippen LogP contribution in [0.25, 0.3) is 11.1 Å². The molecule has 0 N–H and O–H groups in total. The monoisotopic (exact) mass is 513 g/mol. The van der Waals surface area contributed by atoms with Crippen molar-refractivity contribution in [2.24, 2.45) is 14.0 Å². The minimum Gasteiger partial charge on any atom is -0.490 e. The second-order valence-electron chi connectivity index (χ2n) is 7.24. The van der Waals surface area contributed by atoms with Gasteiger partial charge in [-0.1, -0.05) is 68.7 Å². The van der Waals surface area contributed by atoms with Crippen LogP contribution in [0.15, 0.2) is 62.5 Å². The second-order valence-corrected chi connectivity index (χ2v) is 10.5. The Morgan fingerprint density at radius 2 is 1.42 bits per heavy atom. The number of hydrogen-bond acceptors (Lipinski definition) is 8. The van der Waals surface area contributed by atoms with Crippen molar-refractivity contribution in [3.8, 4) is 22.6 Å². The van der Waals surface area contributed by atoms with E-state index in [1.54, 1.807) is 0 Å². The summed E-state index contributed by atoms with van der Waals surface area (Å²) in [6.45, 7) is 3.26. The molecule has 0 saturated heterocycles. The number of thiocarbonyl (C=S) groups is 3. The van der Waals surface area contributed by atoms with Crippen LogP contribution in [-0.4, -0.2) is 37.3 Å². The Hall–Kier alpha value is -2.34. The quantitative estimate of drug-likeness (QED) is 0.108. The SMILES string of the molecule is CCCCCCOc1cccc(-c2ccccc2)c1OCCC[Si](N=C=S)(N=C=S)N=C=S. The molecular weight excluding hydrogens is 487 g/mol. The average molecular weight is 514 g/mol. The summed E-state index contributed by atoms with van der Waals surface area (Å²) in [4.78, 5) is 0. The van der Waals surface area contributed by atoms with Crippen LogP contribution in [-0.2, 0) is 0 Å². The van der Waals surface area contributed by atoms with E-state index in [2.05, 4.69) is 48.5 Å². The maximum absolute atomic E-state index is 6.26. The van der Waals surface area contributed by atoms with Crippen LogP contribution >= 0.6 is 36.7 Å². The van der Waals surface area contributed by atoms with Crippen LogP contribution in [0, 0.1) is 0 Å². The minimum atomic E-state index is -2.94. The van der Waals surface area contributed by atoms with Crippen molar-refractivity contribution in [3.05, 3.63) is 48.5 Å². The van der Waals surface area contributed by atoms with E-state index >= 15 is 0 Å². The van der Waals surface area contributed by atoms with Crippen LogP contribution in [0.3, 0.4) is 0 Å².